The molecule has 1 amide bonds. The number of nitrogens with two attached hydrogens (primary N) is 1. The second-order valence-electron chi connectivity index (χ2n) is 4.24. The van der Waals surface area contributed by atoms with Gasteiger partial charge in [0.05, 0.1) is 10.6 Å². The van der Waals surface area contributed by atoms with Crippen LogP contribution in [0.5, 0.6) is 0 Å². The maximum absolute atomic E-state index is 13.7. The van der Waals surface area contributed by atoms with E-state index in [1.54, 1.807) is 11.8 Å². The fraction of sp³-hybridized carbons (Fsp3) is 0.364. The standard InChI is InChI=1S/C11H13FN2O3S2/c12-9-5-8(19(13,16)17)1-2-10(9)14-11(15)7-3-4-18-6-7/h1-2,5,7H,3-4,6H2,(H,14,15)(H2,13,16,17). The third-order valence-electron chi connectivity index (χ3n) is 2.83. The molecule has 1 aromatic carbocycles. The van der Waals surface area contributed by atoms with Gasteiger partial charge in [-0.05, 0) is 30.4 Å². The maximum Gasteiger partial charge on any atom is 0.238 e. The van der Waals surface area contributed by atoms with E-state index >= 15 is 0 Å². The third kappa shape index (κ3) is 3.46. The van der Waals surface area contributed by atoms with E-state index in [9.17, 15) is 17.6 Å². The van der Waals surface area contributed by atoms with Crippen LogP contribution in [-0.4, -0.2) is 25.8 Å². The molecule has 0 aliphatic carbocycles. The van der Waals surface area contributed by atoms with Gasteiger partial charge in [0.2, 0.25) is 15.9 Å². The first-order valence-corrected chi connectivity index (χ1v) is 8.29. The molecule has 1 fully saturated rings. The van der Waals surface area contributed by atoms with Crippen LogP contribution in [0.25, 0.3) is 0 Å². The number of anilines is 1. The zero-order valence-corrected chi connectivity index (χ0v) is 11.6. The van der Waals surface area contributed by atoms with Crippen LogP contribution >= 0.6 is 11.8 Å². The minimum absolute atomic E-state index is 0.0331. The Labute approximate surface area is 114 Å². The number of amides is 1. The van der Waals surface area contributed by atoms with Crippen LogP contribution in [0.3, 0.4) is 0 Å². The Kier molecular flexibility index (Phi) is 4.12. The zero-order chi connectivity index (χ0) is 14.0. The highest BCUT2D eigenvalue weighted by Crippen LogP contribution is 2.25. The number of thioether (sulfide) groups is 1. The molecule has 0 saturated carbocycles. The minimum Gasteiger partial charge on any atom is -0.323 e. The van der Waals surface area contributed by atoms with E-state index in [-0.39, 0.29) is 22.4 Å². The quantitative estimate of drug-likeness (QED) is 0.877. The molecule has 8 heteroatoms. The smallest absolute Gasteiger partial charge is 0.238 e. The molecule has 104 valence electrons. The first-order chi connectivity index (χ1) is 8.88. The Morgan fingerprint density at radius 1 is 1.47 bits per heavy atom. The Hall–Kier alpha value is -1.12. The van der Waals surface area contributed by atoms with Crippen molar-refractivity contribution in [3.05, 3.63) is 24.0 Å². The molecule has 1 unspecified atom stereocenters. The lowest BCUT2D eigenvalue weighted by atomic mass is 10.1. The lowest BCUT2D eigenvalue weighted by molar-refractivity contribution is -0.119. The monoisotopic (exact) mass is 304 g/mol. The molecule has 0 aromatic heterocycles. The molecule has 0 radical (unpaired) electrons. The van der Waals surface area contributed by atoms with E-state index < -0.39 is 15.8 Å². The molecule has 1 atom stereocenters. The number of halogens is 1. The summed E-state index contributed by atoms with van der Waals surface area (Å²) < 4.78 is 35.8. The second kappa shape index (κ2) is 5.48. The van der Waals surface area contributed by atoms with Crippen molar-refractivity contribution in [3.63, 3.8) is 0 Å². The van der Waals surface area contributed by atoms with Gasteiger partial charge in [0.1, 0.15) is 5.82 Å². The Bertz CT molecular complexity index is 598. The van der Waals surface area contributed by atoms with Gasteiger partial charge < -0.3 is 5.32 Å². The Morgan fingerprint density at radius 2 is 2.21 bits per heavy atom. The van der Waals surface area contributed by atoms with Crippen molar-refractivity contribution in [2.75, 3.05) is 16.8 Å². The van der Waals surface area contributed by atoms with Gasteiger partial charge in [0, 0.05) is 11.7 Å². The number of benzene rings is 1. The van der Waals surface area contributed by atoms with E-state index in [4.69, 9.17) is 5.14 Å². The average Bonchev–Trinajstić information content (AvgIpc) is 2.84. The number of rotatable bonds is 3. The van der Waals surface area contributed by atoms with Gasteiger partial charge in [-0.15, -0.1) is 0 Å². The van der Waals surface area contributed by atoms with Crippen molar-refractivity contribution in [1.29, 1.82) is 0 Å². The van der Waals surface area contributed by atoms with Crippen LogP contribution < -0.4 is 10.5 Å². The number of carbonyl (C=O) groups excluding carboxylic acids is 1. The number of sulfonamides is 1. The lowest BCUT2D eigenvalue weighted by Crippen LogP contribution is -2.23. The maximum atomic E-state index is 13.7. The lowest BCUT2D eigenvalue weighted by Gasteiger charge is -2.11. The summed E-state index contributed by atoms with van der Waals surface area (Å²) in [4.78, 5) is 11.5. The Balaban J connectivity index is 2.15. The summed E-state index contributed by atoms with van der Waals surface area (Å²) in [5.41, 5.74) is -0.0331. The SMILES string of the molecule is NS(=O)(=O)c1ccc(NC(=O)C2CCSC2)c(F)c1. The molecular formula is C11H13FN2O3S2. The summed E-state index contributed by atoms with van der Waals surface area (Å²) in [5, 5.41) is 7.36. The van der Waals surface area contributed by atoms with Gasteiger partial charge in [-0.25, -0.2) is 17.9 Å². The molecule has 0 bridgehead atoms. The highest BCUT2D eigenvalue weighted by Gasteiger charge is 2.24. The van der Waals surface area contributed by atoms with Crippen LogP contribution in [-0.2, 0) is 14.8 Å². The van der Waals surface area contributed by atoms with Crippen LogP contribution in [0.2, 0.25) is 0 Å². The van der Waals surface area contributed by atoms with E-state index in [1.165, 1.54) is 6.07 Å². The Morgan fingerprint density at radius 3 is 2.74 bits per heavy atom. The molecule has 1 aliphatic rings. The molecule has 19 heavy (non-hydrogen) atoms. The summed E-state index contributed by atoms with van der Waals surface area (Å²) in [5.74, 6) is 0.466. The predicted molar refractivity (Wildman–Crippen MR) is 71.8 cm³/mol. The molecule has 1 saturated heterocycles. The van der Waals surface area contributed by atoms with Crippen molar-refractivity contribution in [2.45, 2.75) is 11.3 Å². The summed E-state index contributed by atoms with van der Waals surface area (Å²) in [7, 11) is -3.94. The van der Waals surface area contributed by atoms with Gasteiger partial charge >= 0.3 is 0 Å². The molecule has 1 heterocycles. The number of primary sulfonamides is 1. The molecule has 0 spiro atoms. The van der Waals surface area contributed by atoms with Crippen molar-refractivity contribution in [2.24, 2.45) is 11.1 Å². The summed E-state index contributed by atoms with van der Waals surface area (Å²) in [6, 6.07) is 3.17. The largest absolute Gasteiger partial charge is 0.323 e. The number of hydrogen-bond donors (Lipinski definition) is 2. The van der Waals surface area contributed by atoms with Crippen molar-refractivity contribution in [1.82, 2.24) is 0 Å². The summed E-state index contributed by atoms with van der Waals surface area (Å²) >= 11 is 1.68. The molecule has 5 nitrogen and oxygen atoms in total. The first-order valence-electron chi connectivity index (χ1n) is 5.59. The predicted octanol–water partition coefficient (Wildman–Crippen LogP) is 1.16. The molecule has 3 N–H and O–H groups in total. The average molecular weight is 304 g/mol. The molecule has 1 aromatic rings. The van der Waals surface area contributed by atoms with Gasteiger partial charge in [-0.3, -0.25) is 4.79 Å². The van der Waals surface area contributed by atoms with Gasteiger partial charge in [0.25, 0.3) is 0 Å². The van der Waals surface area contributed by atoms with Crippen LogP contribution in [0.15, 0.2) is 23.1 Å². The molecule has 2 rings (SSSR count). The molecule has 1 aliphatic heterocycles. The van der Waals surface area contributed by atoms with Crippen LogP contribution in [0.1, 0.15) is 6.42 Å². The van der Waals surface area contributed by atoms with Crippen molar-refractivity contribution in [3.8, 4) is 0 Å². The second-order valence-corrected chi connectivity index (χ2v) is 6.95. The van der Waals surface area contributed by atoms with Crippen LogP contribution in [0, 0.1) is 11.7 Å². The highest BCUT2D eigenvalue weighted by atomic mass is 32.2. The van der Waals surface area contributed by atoms with E-state index in [0.29, 0.717) is 0 Å². The highest BCUT2D eigenvalue weighted by molar-refractivity contribution is 7.99. The van der Waals surface area contributed by atoms with E-state index in [0.717, 1.165) is 30.1 Å². The van der Waals surface area contributed by atoms with Crippen LogP contribution in [0.4, 0.5) is 10.1 Å². The third-order valence-corrected chi connectivity index (χ3v) is 4.90. The zero-order valence-electron chi connectivity index (χ0n) is 9.93. The van der Waals surface area contributed by atoms with Crippen molar-refractivity contribution < 1.29 is 17.6 Å². The fourth-order valence-electron chi connectivity index (χ4n) is 1.75. The first kappa shape index (κ1) is 14.3. The summed E-state index contributed by atoms with van der Waals surface area (Å²) in [6.07, 6.45) is 0.771. The van der Waals surface area contributed by atoms with Gasteiger partial charge in [-0.2, -0.15) is 11.8 Å². The normalized spacial score (nSPS) is 19.4. The van der Waals surface area contributed by atoms with E-state index in [2.05, 4.69) is 5.32 Å². The summed E-state index contributed by atoms with van der Waals surface area (Å²) in [6.45, 7) is 0. The van der Waals surface area contributed by atoms with E-state index in [1.807, 2.05) is 0 Å². The number of nitrogens with one attached hydrogen (secondary N) is 1. The topological polar surface area (TPSA) is 89.3 Å². The van der Waals surface area contributed by atoms with Gasteiger partial charge in [0.15, 0.2) is 0 Å². The number of hydrogen-bond acceptors (Lipinski definition) is 4. The van der Waals surface area contributed by atoms with Gasteiger partial charge in [-0.1, -0.05) is 0 Å². The number of carbonyl (C=O) groups is 1. The molecular weight excluding hydrogens is 291 g/mol. The van der Waals surface area contributed by atoms with Crippen molar-refractivity contribution >= 4 is 33.4 Å². The minimum atomic E-state index is -3.94. The fourth-order valence-corrected chi connectivity index (χ4v) is 3.50.